The van der Waals surface area contributed by atoms with Gasteiger partial charge in [0.25, 0.3) is 0 Å². The van der Waals surface area contributed by atoms with Gasteiger partial charge in [-0.1, -0.05) is 20.8 Å². The first kappa shape index (κ1) is 17.1. The number of hydrogen-bond donors (Lipinski definition) is 0. The molecule has 0 heterocycles. The molecule has 0 saturated heterocycles. The molecule has 18 heavy (non-hydrogen) atoms. The maximum absolute atomic E-state index is 11.8. The van der Waals surface area contributed by atoms with Crippen LogP contribution in [0.25, 0.3) is 0 Å². The van der Waals surface area contributed by atoms with Crippen LogP contribution in [0.15, 0.2) is 0 Å². The van der Waals surface area contributed by atoms with Gasteiger partial charge in [0.05, 0.1) is 0 Å². The van der Waals surface area contributed by atoms with E-state index in [9.17, 15) is 4.79 Å². The molecular formula is C13H25NO3Si. The molecule has 0 N–H and O–H groups in total. The highest BCUT2D eigenvalue weighted by Crippen LogP contribution is 2.37. The summed E-state index contributed by atoms with van der Waals surface area (Å²) in [5, 5.41) is 9.02. The monoisotopic (exact) mass is 271 g/mol. The second-order valence-corrected chi connectivity index (χ2v) is 11.7. The number of nitriles is 1. The molecule has 0 bridgehead atoms. The third kappa shape index (κ3) is 5.19. The summed E-state index contributed by atoms with van der Waals surface area (Å²) in [6, 6.07) is 1.89. The van der Waals surface area contributed by atoms with E-state index in [4.69, 9.17) is 14.4 Å². The predicted molar refractivity (Wildman–Crippen MR) is 73.5 cm³/mol. The number of carbonyl (C=O) groups is 1. The van der Waals surface area contributed by atoms with E-state index in [1.54, 1.807) is 20.8 Å². The van der Waals surface area contributed by atoms with Crippen LogP contribution >= 0.6 is 0 Å². The fourth-order valence-electron chi connectivity index (χ4n) is 0.954. The molecule has 0 aliphatic carbocycles. The average molecular weight is 271 g/mol. The standard InChI is InChI=1S/C13H25NO3Si/c1-12(2,3)16-11(15)10(9-14)17-18(7,8)13(4,5)6/h10H,1-8H3. The van der Waals surface area contributed by atoms with Crippen LogP contribution in [0.2, 0.25) is 18.1 Å². The topological polar surface area (TPSA) is 59.3 Å². The number of nitrogens with zero attached hydrogens (tertiary/aromatic N) is 1. The Kier molecular flexibility index (Phi) is 5.15. The zero-order valence-corrected chi connectivity index (χ0v) is 13.7. The zero-order chi connectivity index (χ0) is 14.8. The van der Waals surface area contributed by atoms with Crippen LogP contribution in [0.5, 0.6) is 0 Å². The Balaban J connectivity index is 4.85. The van der Waals surface area contributed by atoms with Crippen molar-refractivity contribution in [1.82, 2.24) is 0 Å². The van der Waals surface area contributed by atoms with Gasteiger partial charge in [-0.25, -0.2) is 4.79 Å². The van der Waals surface area contributed by atoms with Crippen molar-refractivity contribution in [3.05, 3.63) is 0 Å². The van der Waals surface area contributed by atoms with E-state index in [0.717, 1.165) is 0 Å². The van der Waals surface area contributed by atoms with Gasteiger partial charge in [0, 0.05) is 0 Å². The highest BCUT2D eigenvalue weighted by atomic mass is 28.4. The minimum Gasteiger partial charge on any atom is -0.457 e. The van der Waals surface area contributed by atoms with Crippen molar-refractivity contribution < 1.29 is 14.0 Å². The van der Waals surface area contributed by atoms with Gasteiger partial charge in [-0.3, -0.25) is 0 Å². The molecule has 0 spiro atoms. The van der Waals surface area contributed by atoms with Crippen LogP contribution in [-0.4, -0.2) is 26.0 Å². The van der Waals surface area contributed by atoms with Gasteiger partial charge in [0.2, 0.25) is 6.10 Å². The molecule has 1 atom stereocenters. The lowest BCUT2D eigenvalue weighted by atomic mass is 10.2. The Bertz CT molecular complexity index is 345. The largest absolute Gasteiger partial charge is 0.457 e. The first-order valence-electron chi connectivity index (χ1n) is 6.10. The predicted octanol–water partition coefficient (Wildman–Crippen LogP) is 3.24. The molecule has 0 fully saturated rings. The number of carbonyl (C=O) groups excluding carboxylic acids is 1. The number of rotatable bonds is 3. The molecule has 5 heteroatoms. The molecule has 0 radical (unpaired) electrons. The van der Waals surface area contributed by atoms with Crippen molar-refractivity contribution >= 4 is 14.3 Å². The molecule has 0 rings (SSSR count). The van der Waals surface area contributed by atoms with E-state index in [2.05, 4.69) is 20.8 Å². The second kappa shape index (κ2) is 5.41. The molecule has 0 aromatic heterocycles. The van der Waals surface area contributed by atoms with Crippen molar-refractivity contribution in [3.63, 3.8) is 0 Å². The van der Waals surface area contributed by atoms with Crippen LogP contribution in [0.3, 0.4) is 0 Å². The van der Waals surface area contributed by atoms with E-state index in [1.165, 1.54) is 0 Å². The molecule has 0 aromatic carbocycles. The molecular weight excluding hydrogens is 246 g/mol. The molecule has 0 aromatic rings. The van der Waals surface area contributed by atoms with Gasteiger partial charge in [0.15, 0.2) is 8.32 Å². The van der Waals surface area contributed by atoms with Gasteiger partial charge in [-0.05, 0) is 38.9 Å². The molecule has 0 aliphatic rings. The van der Waals surface area contributed by atoms with E-state index >= 15 is 0 Å². The van der Waals surface area contributed by atoms with Crippen molar-refractivity contribution in [3.8, 4) is 6.07 Å². The quantitative estimate of drug-likeness (QED) is 0.584. The molecule has 1 unspecified atom stereocenters. The Labute approximate surface area is 111 Å². The van der Waals surface area contributed by atoms with Gasteiger partial charge in [-0.15, -0.1) is 0 Å². The lowest BCUT2D eigenvalue weighted by Gasteiger charge is -2.37. The summed E-state index contributed by atoms with van der Waals surface area (Å²) in [6.45, 7) is 15.5. The SMILES string of the molecule is CC(C)(C)OC(=O)C(C#N)O[Si](C)(C)C(C)(C)C. The Hall–Kier alpha value is -0.863. The highest BCUT2D eigenvalue weighted by Gasteiger charge is 2.41. The fraction of sp³-hybridized carbons (Fsp3) is 0.846. The maximum atomic E-state index is 11.8. The molecule has 4 nitrogen and oxygen atoms in total. The summed E-state index contributed by atoms with van der Waals surface area (Å²) in [7, 11) is -2.15. The van der Waals surface area contributed by atoms with E-state index in [1.807, 2.05) is 19.2 Å². The normalized spacial score (nSPS) is 14.8. The summed E-state index contributed by atoms with van der Waals surface area (Å²) in [4.78, 5) is 11.8. The first-order chi connectivity index (χ1) is 7.80. The van der Waals surface area contributed by atoms with Crippen molar-refractivity contribution in [1.29, 1.82) is 5.26 Å². The summed E-state index contributed by atoms with van der Waals surface area (Å²) >= 11 is 0. The van der Waals surface area contributed by atoms with E-state index in [0.29, 0.717) is 0 Å². The Morgan fingerprint density at radius 2 is 1.61 bits per heavy atom. The molecule has 0 amide bonds. The van der Waals surface area contributed by atoms with Crippen LogP contribution in [0.4, 0.5) is 0 Å². The van der Waals surface area contributed by atoms with Crippen LogP contribution in [0.1, 0.15) is 41.5 Å². The molecule has 104 valence electrons. The summed E-state index contributed by atoms with van der Waals surface area (Å²) in [6.07, 6.45) is -1.13. The van der Waals surface area contributed by atoms with Crippen LogP contribution < -0.4 is 0 Å². The average Bonchev–Trinajstić information content (AvgIpc) is 2.09. The third-order valence-electron chi connectivity index (χ3n) is 2.96. The molecule has 0 saturated carbocycles. The zero-order valence-electron chi connectivity index (χ0n) is 12.7. The maximum Gasteiger partial charge on any atom is 0.349 e. The summed E-state index contributed by atoms with van der Waals surface area (Å²) in [5.74, 6) is -0.602. The van der Waals surface area contributed by atoms with Crippen molar-refractivity contribution in [2.45, 2.75) is 71.4 Å². The Morgan fingerprint density at radius 1 is 1.17 bits per heavy atom. The van der Waals surface area contributed by atoms with Crippen LogP contribution in [-0.2, 0) is 14.0 Å². The highest BCUT2D eigenvalue weighted by molar-refractivity contribution is 6.74. The molecule has 0 aliphatic heterocycles. The number of esters is 1. The van der Waals surface area contributed by atoms with Crippen molar-refractivity contribution in [2.24, 2.45) is 0 Å². The van der Waals surface area contributed by atoms with E-state index < -0.39 is 26.0 Å². The number of ether oxygens (including phenoxy) is 1. The van der Waals surface area contributed by atoms with Crippen molar-refractivity contribution in [2.75, 3.05) is 0 Å². The lowest BCUT2D eigenvalue weighted by Crippen LogP contribution is -2.46. The van der Waals surface area contributed by atoms with Gasteiger partial charge >= 0.3 is 5.97 Å². The smallest absolute Gasteiger partial charge is 0.349 e. The van der Waals surface area contributed by atoms with E-state index in [-0.39, 0.29) is 5.04 Å². The van der Waals surface area contributed by atoms with Gasteiger partial charge < -0.3 is 9.16 Å². The van der Waals surface area contributed by atoms with Crippen LogP contribution in [0, 0.1) is 11.3 Å². The lowest BCUT2D eigenvalue weighted by molar-refractivity contribution is -0.161. The van der Waals surface area contributed by atoms with Gasteiger partial charge in [0.1, 0.15) is 11.7 Å². The summed E-state index contributed by atoms with van der Waals surface area (Å²) < 4.78 is 10.9. The summed E-state index contributed by atoms with van der Waals surface area (Å²) in [5.41, 5.74) is -0.608. The minimum atomic E-state index is -2.15. The fourth-order valence-corrected chi connectivity index (χ4v) is 2.05. The Morgan fingerprint density at radius 3 is 1.89 bits per heavy atom. The third-order valence-corrected chi connectivity index (χ3v) is 7.39. The first-order valence-corrected chi connectivity index (χ1v) is 9.01. The second-order valence-electron chi connectivity index (χ2n) is 6.92. The van der Waals surface area contributed by atoms with Gasteiger partial charge in [-0.2, -0.15) is 5.26 Å². The number of hydrogen-bond acceptors (Lipinski definition) is 4. The minimum absolute atomic E-state index is 0.0515.